The normalized spacial score (nSPS) is 24.1. The summed E-state index contributed by atoms with van der Waals surface area (Å²) in [5.41, 5.74) is 0. The number of unbranched alkanes of at least 4 members (excludes halogenated alkanes) is 2. The van der Waals surface area contributed by atoms with Gasteiger partial charge in [-0.25, -0.2) is 8.42 Å². The van der Waals surface area contributed by atoms with Crippen LogP contribution in [0.25, 0.3) is 0 Å². The summed E-state index contributed by atoms with van der Waals surface area (Å²) in [6, 6.07) is 0. The van der Waals surface area contributed by atoms with Gasteiger partial charge >= 0.3 is 0 Å². The van der Waals surface area contributed by atoms with E-state index in [1.54, 1.807) is 0 Å². The van der Waals surface area contributed by atoms with Crippen molar-refractivity contribution in [3.8, 4) is 0 Å². The van der Waals surface area contributed by atoms with Gasteiger partial charge in [0.25, 0.3) is 0 Å². The Morgan fingerprint density at radius 1 is 1.29 bits per heavy atom. The van der Waals surface area contributed by atoms with E-state index in [4.69, 9.17) is 0 Å². The first kappa shape index (κ1) is 14.3. The molecule has 1 atom stereocenters. The molecule has 0 aromatic rings. The highest BCUT2D eigenvalue weighted by Crippen LogP contribution is 2.33. The van der Waals surface area contributed by atoms with Crippen LogP contribution >= 0.6 is 10.8 Å². The molecule has 14 heavy (non-hydrogen) atoms. The van der Waals surface area contributed by atoms with Gasteiger partial charge in [0.05, 0.1) is 5.25 Å². The van der Waals surface area contributed by atoms with Gasteiger partial charge < -0.3 is 0 Å². The highest BCUT2D eigenvalue weighted by atomic mass is 33.1. The number of rotatable bonds is 4. The van der Waals surface area contributed by atoms with E-state index in [9.17, 15) is 8.42 Å². The predicted octanol–water partition coefficient (Wildman–Crippen LogP) is 3.43. The lowest BCUT2D eigenvalue weighted by Crippen LogP contribution is -2.11. The Morgan fingerprint density at radius 2 is 1.93 bits per heavy atom. The zero-order chi connectivity index (χ0) is 11.0. The molecule has 2 nitrogen and oxygen atoms in total. The van der Waals surface area contributed by atoms with E-state index in [1.165, 1.54) is 6.42 Å². The Kier molecular flexibility index (Phi) is 7.74. The van der Waals surface area contributed by atoms with Crippen molar-refractivity contribution in [1.29, 1.82) is 0 Å². The molecule has 1 heterocycles. The molecule has 1 unspecified atom stereocenters. The molecule has 0 spiro atoms. The van der Waals surface area contributed by atoms with Crippen molar-refractivity contribution in [3.63, 3.8) is 0 Å². The van der Waals surface area contributed by atoms with Crippen molar-refractivity contribution in [2.75, 3.05) is 5.75 Å². The van der Waals surface area contributed by atoms with Gasteiger partial charge in [0.15, 0.2) is 0 Å². The summed E-state index contributed by atoms with van der Waals surface area (Å²) in [5, 5.41) is -0.0333. The quantitative estimate of drug-likeness (QED) is 0.556. The maximum atomic E-state index is 11.3. The summed E-state index contributed by atoms with van der Waals surface area (Å²) in [6.07, 6.45) is 5.15. The van der Waals surface area contributed by atoms with Crippen molar-refractivity contribution in [2.24, 2.45) is 0 Å². The Bertz CT molecular complexity index is 222. The van der Waals surface area contributed by atoms with Gasteiger partial charge in [-0.15, -0.1) is 0 Å². The van der Waals surface area contributed by atoms with Crippen LogP contribution in [0.3, 0.4) is 0 Å². The van der Waals surface area contributed by atoms with Gasteiger partial charge in [-0.1, -0.05) is 40.0 Å². The Hall–Kier alpha value is 0.300. The fourth-order valence-corrected chi connectivity index (χ4v) is 5.40. The number of hydrogen-bond acceptors (Lipinski definition) is 3. The van der Waals surface area contributed by atoms with Crippen molar-refractivity contribution in [2.45, 2.75) is 58.1 Å². The molecule has 1 aliphatic rings. The zero-order valence-corrected chi connectivity index (χ0v) is 11.1. The molecule has 1 fully saturated rings. The van der Waals surface area contributed by atoms with Crippen LogP contribution < -0.4 is 0 Å². The van der Waals surface area contributed by atoms with Crippen LogP contribution in [0, 0.1) is 0 Å². The molecule has 0 bridgehead atoms. The number of hydrogen-bond donors (Lipinski definition) is 0. The zero-order valence-electron chi connectivity index (χ0n) is 9.45. The van der Waals surface area contributed by atoms with Gasteiger partial charge in [0.2, 0.25) is 8.87 Å². The summed E-state index contributed by atoms with van der Waals surface area (Å²) >= 11 is 0. The standard InChI is InChI=1S/C8H16O2S2.C2H6/c1-2-3-4-5-8-6-7-11-12(8,9)10;1-2/h8H,2-7H2,1H3;1-2H3. The Labute approximate surface area is 92.2 Å². The van der Waals surface area contributed by atoms with Crippen molar-refractivity contribution in [1.82, 2.24) is 0 Å². The van der Waals surface area contributed by atoms with Gasteiger partial charge in [-0.3, -0.25) is 0 Å². The molecule has 1 aliphatic heterocycles. The summed E-state index contributed by atoms with van der Waals surface area (Å²) in [7, 11) is -1.61. The summed E-state index contributed by atoms with van der Waals surface area (Å²) in [5.74, 6) is 0.805. The minimum Gasteiger partial charge on any atom is -0.217 e. The second-order valence-corrected chi connectivity index (χ2v) is 7.62. The fourth-order valence-electron chi connectivity index (χ4n) is 1.45. The van der Waals surface area contributed by atoms with Gasteiger partial charge in [-0.2, -0.15) is 0 Å². The minimum atomic E-state index is -2.75. The topological polar surface area (TPSA) is 34.1 Å². The second-order valence-electron chi connectivity index (χ2n) is 3.22. The molecule has 0 aromatic heterocycles. The lowest BCUT2D eigenvalue weighted by atomic mass is 10.1. The molecule has 1 saturated heterocycles. The third kappa shape index (κ3) is 4.69. The molecular weight excluding hydrogens is 216 g/mol. The maximum Gasteiger partial charge on any atom is 0.204 e. The summed E-state index contributed by atoms with van der Waals surface area (Å²) in [4.78, 5) is 0. The molecule has 0 aliphatic carbocycles. The van der Waals surface area contributed by atoms with Gasteiger partial charge in [0, 0.05) is 5.75 Å². The minimum absolute atomic E-state index is 0.0333. The Balaban J connectivity index is 0.000000791. The maximum absolute atomic E-state index is 11.3. The highest BCUT2D eigenvalue weighted by Gasteiger charge is 2.31. The van der Waals surface area contributed by atoms with E-state index < -0.39 is 8.87 Å². The van der Waals surface area contributed by atoms with Crippen LogP contribution in [0.1, 0.15) is 52.9 Å². The average molecular weight is 238 g/mol. The average Bonchev–Trinajstić information content (AvgIpc) is 2.50. The molecule has 0 N–H and O–H groups in total. The third-order valence-corrected chi connectivity index (χ3v) is 6.55. The first-order valence-corrected chi connectivity index (χ1v) is 8.60. The van der Waals surface area contributed by atoms with Crippen LogP contribution in [-0.2, 0) is 8.87 Å². The van der Waals surface area contributed by atoms with Gasteiger partial charge in [0.1, 0.15) is 0 Å². The first-order chi connectivity index (χ1) is 6.67. The van der Waals surface area contributed by atoms with Crippen molar-refractivity contribution in [3.05, 3.63) is 0 Å². The van der Waals surface area contributed by atoms with Crippen LogP contribution in [-0.4, -0.2) is 19.4 Å². The van der Waals surface area contributed by atoms with E-state index >= 15 is 0 Å². The molecule has 1 rings (SSSR count). The molecule has 0 saturated carbocycles. The van der Waals surface area contributed by atoms with Crippen LogP contribution in [0.15, 0.2) is 0 Å². The second kappa shape index (κ2) is 7.57. The van der Waals surface area contributed by atoms with Crippen molar-refractivity contribution < 1.29 is 8.42 Å². The molecule has 0 amide bonds. The molecule has 0 aromatic carbocycles. The largest absolute Gasteiger partial charge is 0.217 e. The first-order valence-electron chi connectivity index (χ1n) is 5.55. The molecule has 4 heteroatoms. The lowest BCUT2D eigenvalue weighted by molar-refractivity contribution is 0.572. The third-order valence-electron chi connectivity index (χ3n) is 2.23. The SMILES string of the molecule is CC.CCCCCC1CCSS1(=O)=O. The van der Waals surface area contributed by atoms with E-state index in [-0.39, 0.29) is 5.25 Å². The fraction of sp³-hybridized carbons (Fsp3) is 1.00. The molecule has 86 valence electrons. The lowest BCUT2D eigenvalue weighted by Gasteiger charge is -2.06. The summed E-state index contributed by atoms with van der Waals surface area (Å²) < 4.78 is 22.6. The van der Waals surface area contributed by atoms with E-state index in [0.29, 0.717) is 0 Å². The van der Waals surface area contributed by atoms with E-state index in [2.05, 4.69) is 6.92 Å². The van der Waals surface area contributed by atoms with Crippen LogP contribution in [0.5, 0.6) is 0 Å². The molecular formula is C10H22O2S2. The predicted molar refractivity (Wildman–Crippen MR) is 65.3 cm³/mol. The summed E-state index contributed by atoms with van der Waals surface area (Å²) in [6.45, 7) is 6.14. The molecule has 0 radical (unpaired) electrons. The highest BCUT2D eigenvalue weighted by molar-refractivity contribution is 8.72. The Morgan fingerprint density at radius 3 is 2.36 bits per heavy atom. The van der Waals surface area contributed by atoms with Crippen LogP contribution in [0.4, 0.5) is 0 Å². The van der Waals surface area contributed by atoms with E-state index in [0.717, 1.165) is 42.2 Å². The van der Waals surface area contributed by atoms with Crippen LogP contribution in [0.2, 0.25) is 0 Å². The monoisotopic (exact) mass is 238 g/mol. The smallest absolute Gasteiger partial charge is 0.204 e. The van der Waals surface area contributed by atoms with Crippen molar-refractivity contribution >= 4 is 19.7 Å². The van der Waals surface area contributed by atoms with E-state index in [1.807, 2.05) is 13.8 Å². The van der Waals surface area contributed by atoms with Gasteiger partial charge in [-0.05, 0) is 23.6 Å².